The molecular formula is C26H19NO2. The minimum atomic E-state index is 0.239. The smallest absolute Gasteiger partial charge is 0.130 e. The fraction of sp³-hybridized carbons (Fsp3) is 0.0385. The van der Waals surface area contributed by atoms with Crippen LogP contribution in [-0.2, 0) is 6.61 Å². The van der Waals surface area contributed by atoms with Crippen molar-refractivity contribution in [1.82, 2.24) is 4.98 Å². The third-order valence-electron chi connectivity index (χ3n) is 5.15. The number of ether oxygens (including phenoxy) is 1. The topological polar surface area (TPSA) is 42.4 Å². The summed E-state index contributed by atoms with van der Waals surface area (Å²) in [6, 6.07) is 29.7. The van der Waals surface area contributed by atoms with Gasteiger partial charge in [-0.25, -0.2) is 0 Å². The van der Waals surface area contributed by atoms with Crippen LogP contribution in [0.5, 0.6) is 11.5 Å². The van der Waals surface area contributed by atoms with Crippen LogP contribution in [0.1, 0.15) is 5.69 Å². The SMILES string of the molecule is Oc1ccc2ccccc2c1-c1c(OCc2ccccn2)ccc2ccccc12. The number of pyridine rings is 1. The molecule has 4 aromatic carbocycles. The van der Waals surface area contributed by atoms with Gasteiger partial charge < -0.3 is 9.84 Å². The van der Waals surface area contributed by atoms with Crippen molar-refractivity contribution in [3.63, 3.8) is 0 Å². The Bertz CT molecular complexity index is 1310. The largest absolute Gasteiger partial charge is 0.507 e. The summed E-state index contributed by atoms with van der Waals surface area (Å²) in [6.07, 6.45) is 1.76. The number of aromatic hydroxyl groups is 1. The number of hydrogen-bond donors (Lipinski definition) is 1. The molecule has 5 rings (SSSR count). The third kappa shape index (κ3) is 3.17. The molecule has 3 heteroatoms. The van der Waals surface area contributed by atoms with Gasteiger partial charge in [-0.3, -0.25) is 4.98 Å². The molecule has 3 nitrogen and oxygen atoms in total. The maximum Gasteiger partial charge on any atom is 0.130 e. The summed E-state index contributed by atoms with van der Waals surface area (Å²) in [7, 11) is 0. The van der Waals surface area contributed by atoms with Gasteiger partial charge in [0.25, 0.3) is 0 Å². The minimum Gasteiger partial charge on any atom is -0.507 e. The lowest BCUT2D eigenvalue weighted by atomic mass is 9.92. The lowest BCUT2D eigenvalue weighted by Crippen LogP contribution is -1.99. The Balaban J connectivity index is 1.75. The van der Waals surface area contributed by atoms with Gasteiger partial charge in [-0.2, -0.15) is 0 Å². The van der Waals surface area contributed by atoms with Gasteiger partial charge in [-0.1, -0.05) is 66.7 Å². The van der Waals surface area contributed by atoms with Crippen molar-refractivity contribution >= 4 is 21.5 Å². The summed E-state index contributed by atoms with van der Waals surface area (Å²) in [5, 5.41) is 15.1. The standard InChI is InChI=1S/C26H19NO2/c28-23-14-12-18-7-1-3-10-21(18)25(23)26-22-11-4-2-8-19(22)13-15-24(26)29-17-20-9-5-6-16-27-20/h1-16,28H,17H2. The summed E-state index contributed by atoms with van der Waals surface area (Å²) >= 11 is 0. The second kappa shape index (κ2) is 7.28. The average molecular weight is 377 g/mol. The van der Waals surface area contributed by atoms with E-state index in [0.717, 1.165) is 44.1 Å². The van der Waals surface area contributed by atoms with E-state index in [-0.39, 0.29) is 5.75 Å². The first-order valence-electron chi connectivity index (χ1n) is 9.57. The molecule has 0 atom stereocenters. The quantitative estimate of drug-likeness (QED) is 0.397. The highest BCUT2D eigenvalue weighted by Gasteiger charge is 2.17. The van der Waals surface area contributed by atoms with E-state index in [0.29, 0.717) is 6.61 Å². The van der Waals surface area contributed by atoms with Crippen LogP contribution >= 0.6 is 0 Å². The molecule has 0 aliphatic heterocycles. The van der Waals surface area contributed by atoms with Crippen LogP contribution in [0.4, 0.5) is 0 Å². The van der Waals surface area contributed by atoms with Crippen LogP contribution in [0.25, 0.3) is 32.7 Å². The van der Waals surface area contributed by atoms with E-state index in [9.17, 15) is 5.11 Å². The molecule has 0 unspecified atom stereocenters. The fourth-order valence-corrected chi connectivity index (χ4v) is 3.79. The van der Waals surface area contributed by atoms with Crippen molar-refractivity contribution in [3.8, 4) is 22.6 Å². The van der Waals surface area contributed by atoms with E-state index in [4.69, 9.17) is 4.74 Å². The van der Waals surface area contributed by atoms with Crippen LogP contribution < -0.4 is 4.74 Å². The molecule has 1 N–H and O–H groups in total. The highest BCUT2D eigenvalue weighted by Crippen LogP contribution is 2.45. The van der Waals surface area contributed by atoms with Gasteiger partial charge in [-0.15, -0.1) is 0 Å². The number of rotatable bonds is 4. The van der Waals surface area contributed by atoms with Crippen LogP contribution in [0, 0.1) is 0 Å². The molecule has 1 aromatic heterocycles. The first-order chi connectivity index (χ1) is 14.3. The summed E-state index contributed by atoms with van der Waals surface area (Å²) in [5.74, 6) is 0.962. The Morgan fingerprint density at radius 1 is 0.655 bits per heavy atom. The van der Waals surface area contributed by atoms with Crippen molar-refractivity contribution in [2.75, 3.05) is 0 Å². The summed E-state index contributed by atoms with van der Waals surface area (Å²) in [5.41, 5.74) is 2.54. The number of fused-ring (bicyclic) bond motifs is 2. The fourth-order valence-electron chi connectivity index (χ4n) is 3.79. The molecule has 140 valence electrons. The van der Waals surface area contributed by atoms with Crippen molar-refractivity contribution in [1.29, 1.82) is 0 Å². The molecule has 29 heavy (non-hydrogen) atoms. The van der Waals surface area contributed by atoms with Gasteiger partial charge in [0.05, 0.1) is 5.69 Å². The van der Waals surface area contributed by atoms with E-state index < -0.39 is 0 Å². The van der Waals surface area contributed by atoms with Crippen molar-refractivity contribution < 1.29 is 9.84 Å². The van der Waals surface area contributed by atoms with Gasteiger partial charge in [0.1, 0.15) is 18.1 Å². The van der Waals surface area contributed by atoms with Crippen molar-refractivity contribution in [2.24, 2.45) is 0 Å². The summed E-state index contributed by atoms with van der Waals surface area (Å²) < 4.78 is 6.22. The van der Waals surface area contributed by atoms with Gasteiger partial charge in [0, 0.05) is 17.3 Å². The maximum absolute atomic E-state index is 10.9. The number of benzene rings is 4. The maximum atomic E-state index is 10.9. The zero-order valence-corrected chi connectivity index (χ0v) is 15.7. The molecule has 1 heterocycles. The van der Waals surface area contributed by atoms with Crippen LogP contribution in [0.15, 0.2) is 97.2 Å². The molecule has 0 saturated carbocycles. The average Bonchev–Trinajstić information content (AvgIpc) is 2.78. The Morgan fingerprint density at radius 2 is 1.31 bits per heavy atom. The van der Waals surface area contributed by atoms with Crippen molar-refractivity contribution in [2.45, 2.75) is 6.61 Å². The molecule has 0 amide bonds. The predicted molar refractivity (Wildman–Crippen MR) is 117 cm³/mol. The third-order valence-corrected chi connectivity index (χ3v) is 5.15. The Hall–Kier alpha value is -3.85. The van der Waals surface area contributed by atoms with E-state index in [2.05, 4.69) is 29.2 Å². The number of hydrogen-bond acceptors (Lipinski definition) is 3. The Labute approximate surface area is 168 Å². The van der Waals surface area contributed by atoms with E-state index >= 15 is 0 Å². The van der Waals surface area contributed by atoms with Crippen LogP contribution in [0.2, 0.25) is 0 Å². The first-order valence-corrected chi connectivity index (χ1v) is 9.57. The van der Waals surface area contributed by atoms with Gasteiger partial charge in [-0.05, 0) is 45.8 Å². The zero-order valence-electron chi connectivity index (χ0n) is 15.7. The second-order valence-electron chi connectivity index (χ2n) is 6.95. The Kier molecular flexibility index (Phi) is 4.34. The molecule has 5 aromatic rings. The van der Waals surface area contributed by atoms with Gasteiger partial charge in [0.2, 0.25) is 0 Å². The lowest BCUT2D eigenvalue weighted by molar-refractivity contribution is 0.303. The van der Waals surface area contributed by atoms with E-state index in [1.807, 2.05) is 60.7 Å². The van der Waals surface area contributed by atoms with Gasteiger partial charge in [0.15, 0.2) is 0 Å². The Morgan fingerprint density at radius 3 is 2.03 bits per heavy atom. The number of aromatic nitrogens is 1. The molecule has 0 radical (unpaired) electrons. The molecule has 0 bridgehead atoms. The minimum absolute atomic E-state index is 0.239. The molecular weight excluding hydrogens is 358 g/mol. The highest BCUT2D eigenvalue weighted by molar-refractivity contribution is 6.09. The normalized spacial score (nSPS) is 11.0. The monoisotopic (exact) mass is 377 g/mol. The van der Waals surface area contributed by atoms with Crippen LogP contribution in [0.3, 0.4) is 0 Å². The van der Waals surface area contributed by atoms with E-state index in [1.165, 1.54) is 0 Å². The molecule has 0 aliphatic carbocycles. The van der Waals surface area contributed by atoms with E-state index in [1.54, 1.807) is 12.3 Å². The molecule has 0 spiro atoms. The van der Waals surface area contributed by atoms with Crippen molar-refractivity contribution in [3.05, 3.63) is 103 Å². The number of phenols is 1. The zero-order chi connectivity index (χ0) is 19.6. The lowest BCUT2D eigenvalue weighted by Gasteiger charge is -2.17. The first kappa shape index (κ1) is 17.3. The second-order valence-corrected chi connectivity index (χ2v) is 6.95. The summed E-state index contributed by atoms with van der Waals surface area (Å²) in [4.78, 5) is 4.35. The highest BCUT2D eigenvalue weighted by atomic mass is 16.5. The molecule has 0 aliphatic rings. The predicted octanol–water partition coefficient (Wildman–Crippen LogP) is 6.34. The summed E-state index contributed by atoms with van der Waals surface area (Å²) in [6.45, 7) is 0.359. The number of phenolic OH excluding ortho intramolecular Hbond substituents is 1. The van der Waals surface area contributed by atoms with Gasteiger partial charge >= 0.3 is 0 Å². The molecule has 0 saturated heterocycles. The molecule has 0 fully saturated rings. The number of nitrogens with zero attached hydrogens (tertiary/aromatic N) is 1. The van der Waals surface area contributed by atoms with Crippen LogP contribution in [-0.4, -0.2) is 10.1 Å².